The van der Waals surface area contributed by atoms with Gasteiger partial charge < -0.3 is 5.32 Å². The Bertz CT molecular complexity index is 284. The first-order chi connectivity index (χ1) is 6.97. The van der Waals surface area contributed by atoms with Crippen LogP contribution in [0.2, 0.25) is 0 Å². The fourth-order valence-corrected chi connectivity index (χ4v) is 3.08. The Morgan fingerprint density at radius 2 is 1.93 bits per heavy atom. The summed E-state index contributed by atoms with van der Waals surface area (Å²) in [7, 11) is -3.04. The number of unbranched alkanes of at least 4 members (excludes halogenated alkanes) is 1. The first-order valence-electron chi connectivity index (χ1n) is 5.70. The second-order valence-electron chi connectivity index (χ2n) is 4.54. The molecule has 0 heterocycles. The minimum Gasteiger partial charge on any atom is -0.317 e. The minimum absolute atomic E-state index is 0.125. The molecule has 5 heteroatoms. The lowest BCUT2D eigenvalue weighted by atomic mass is 10.3. The summed E-state index contributed by atoms with van der Waals surface area (Å²) >= 11 is 0. The molecule has 2 N–H and O–H groups in total. The van der Waals surface area contributed by atoms with Crippen LogP contribution in [0.25, 0.3) is 0 Å². The molecule has 1 aliphatic carbocycles. The van der Waals surface area contributed by atoms with Crippen LogP contribution < -0.4 is 10.0 Å². The molecule has 0 saturated heterocycles. The van der Waals surface area contributed by atoms with Gasteiger partial charge in [0, 0.05) is 5.54 Å². The zero-order valence-corrected chi connectivity index (χ0v) is 10.5. The molecule has 90 valence electrons. The second-order valence-corrected chi connectivity index (χ2v) is 6.38. The van der Waals surface area contributed by atoms with Gasteiger partial charge in [0.15, 0.2) is 0 Å². The molecule has 0 aromatic rings. The van der Waals surface area contributed by atoms with Crippen LogP contribution in [0.5, 0.6) is 0 Å². The van der Waals surface area contributed by atoms with Crippen LogP contribution >= 0.6 is 0 Å². The average molecular weight is 234 g/mol. The van der Waals surface area contributed by atoms with Gasteiger partial charge in [0.1, 0.15) is 0 Å². The zero-order valence-electron chi connectivity index (χ0n) is 9.67. The summed E-state index contributed by atoms with van der Waals surface area (Å²) in [5.74, 6) is 0.258. The fraction of sp³-hybridized carbons (Fsp3) is 1.00. The largest absolute Gasteiger partial charge is 0.317 e. The van der Waals surface area contributed by atoms with E-state index in [0.29, 0.717) is 0 Å². The quantitative estimate of drug-likeness (QED) is 0.612. The van der Waals surface area contributed by atoms with E-state index >= 15 is 0 Å². The Balaban J connectivity index is 2.13. The second kappa shape index (κ2) is 5.27. The first-order valence-corrected chi connectivity index (χ1v) is 7.35. The van der Waals surface area contributed by atoms with Crippen molar-refractivity contribution in [3.8, 4) is 0 Å². The first kappa shape index (κ1) is 12.9. The molecular weight excluding hydrogens is 212 g/mol. The van der Waals surface area contributed by atoms with Gasteiger partial charge in [-0.25, -0.2) is 13.1 Å². The van der Waals surface area contributed by atoms with Crippen molar-refractivity contribution in [1.29, 1.82) is 0 Å². The molecule has 1 aliphatic rings. The van der Waals surface area contributed by atoms with Crippen molar-refractivity contribution in [1.82, 2.24) is 10.0 Å². The number of nitrogens with one attached hydrogen (secondary N) is 2. The van der Waals surface area contributed by atoms with E-state index in [4.69, 9.17) is 0 Å². The number of hydrogen-bond donors (Lipinski definition) is 2. The smallest absolute Gasteiger partial charge is 0.212 e. The van der Waals surface area contributed by atoms with Gasteiger partial charge in [-0.15, -0.1) is 0 Å². The maximum atomic E-state index is 11.6. The van der Waals surface area contributed by atoms with Gasteiger partial charge in [0.25, 0.3) is 0 Å². The Labute approximate surface area is 92.9 Å². The zero-order chi connectivity index (χ0) is 11.4. The van der Waals surface area contributed by atoms with E-state index in [1.54, 1.807) is 0 Å². The molecule has 1 rings (SSSR count). The van der Waals surface area contributed by atoms with Gasteiger partial charge in [0.05, 0.1) is 5.75 Å². The minimum atomic E-state index is -3.04. The Morgan fingerprint density at radius 3 is 2.47 bits per heavy atom. The summed E-state index contributed by atoms with van der Waals surface area (Å²) in [6, 6.07) is 0. The third-order valence-electron chi connectivity index (χ3n) is 2.67. The molecule has 0 bridgehead atoms. The summed E-state index contributed by atoms with van der Waals surface area (Å²) in [6.07, 6.45) is 3.61. The van der Waals surface area contributed by atoms with E-state index < -0.39 is 10.0 Å². The molecule has 0 aromatic carbocycles. The van der Waals surface area contributed by atoms with Gasteiger partial charge in [-0.2, -0.15) is 0 Å². The van der Waals surface area contributed by atoms with Crippen LogP contribution in [-0.2, 0) is 10.0 Å². The standard InChI is InChI=1S/C10H22N2O2S/c1-3-11-8-4-5-9-15(13,14)12-10(2)6-7-10/h11-12H,3-9H2,1-2H3. The van der Waals surface area contributed by atoms with Crippen LogP contribution in [0.3, 0.4) is 0 Å². The summed E-state index contributed by atoms with van der Waals surface area (Å²) < 4.78 is 25.9. The van der Waals surface area contributed by atoms with E-state index in [2.05, 4.69) is 10.0 Å². The number of rotatable bonds is 8. The highest BCUT2D eigenvalue weighted by Gasteiger charge is 2.40. The van der Waals surface area contributed by atoms with Gasteiger partial charge in [-0.3, -0.25) is 0 Å². The van der Waals surface area contributed by atoms with Crippen molar-refractivity contribution < 1.29 is 8.42 Å². The van der Waals surface area contributed by atoms with Crippen molar-refractivity contribution in [3.63, 3.8) is 0 Å². The van der Waals surface area contributed by atoms with Crippen LogP contribution in [0.1, 0.15) is 39.5 Å². The predicted molar refractivity (Wildman–Crippen MR) is 62.3 cm³/mol. The topological polar surface area (TPSA) is 58.2 Å². The van der Waals surface area contributed by atoms with E-state index in [9.17, 15) is 8.42 Å². The average Bonchev–Trinajstić information content (AvgIpc) is 2.81. The Morgan fingerprint density at radius 1 is 1.27 bits per heavy atom. The molecule has 0 radical (unpaired) electrons. The summed E-state index contributed by atoms with van der Waals surface area (Å²) in [5.41, 5.74) is -0.125. The highest BCUT2D eigenvalue weighted by atomic mass is 32.2. The lowest BCUT2D eigenvalue weighted by Crippen LogP contribution is -2.36. The van der Waals surface area contributed by atoms with E-state index in [0.717, 1.165) is 38.8 Å². The van der Waals surface area contributed by atoms with E-state index in [1.807, 2.05) is 13.8 Å². The monoisotopic (exact) mass is 234 g/mol. The van der Waals surface area contributed by atoms with Crippen molar-refractivity contribution in [2.45, 2.75) is 45.1 Å². The normalized spacial score (nSPS) is 19.1. The third kappa shape index (κ3) is 5.49. The lowest BCUT2D eigenvalue weighted by Gasteiger charge is -2.11. The molecule has 0 spiro atoms. The van der Waals surface area contributed by atoms with Gasteiger partial charge in [-0.05, 0) is 45.7 Å². The molecule has 1 saturated carbocycles. The predicted octanol–water partition coefficient (Wildman–Crippen LogP) is 0.848. The van der Waals surface area contributed by atoms with Crippen LogP contribution in [-0.4, -0.2) is 32.8 Å². The number of hydrogen-bond acceptors (Lipinski definition) is 3. The molecule has 1 fully saturated rings. The van der Waals surface area contributed by atoms with Gasteiger partial charge in [-0.1, -0.05) is 6.92 Å². The highest BCUT2D eigenvalue weighted by molar-refractivity contribution is 7.89. The molecule has 0 aromatic heterocycles. The molecule has 0 unspecified atom stereocenters. The molecular formula is C10H22N2O2S. The van der Waals surface area contributed by atoms with Crippen molar-refractivity contribution in [2.24, 2.45) is 0 Å². The fourth-order valence-electron chi connectivity index (χ4n) is 1.43. The Hall–Kier alpha value is -0.130. The van der Waals surface area contributed by atoms with E-state index in [1.165, 1.54) is 0 Å². The maximum absolute atomic E-state index is 11.6. The number of sulfonamides is 1. The molecule has 4 nitrogen and oxygen atoms in total. The van der Waals surface area contributed by atoms with Crippen molar-refractivity contribution in [3.05, 3.63) is 0 Å². The molecule has 0 aliphatic heterocycles. The van der Waals surface area contributed by atoms with Crippen LogP contribution in [0.15, 0.2) is 0 Å². The van der Waals surface area contributed by atoms with Crippen LogP contribution in [0.4, 0.5) is 0 Å². The lowest BCUT2D eigenvalue weighted by molar-refractivity contribution is 0.552. The molecule has 15 heavy (non-hydrogen) atoms. The van der Waals surface area contributed by atoms with Gasteiger partial charge >= 0.3 is 0 Å². The summed E-state index contributed by atoms with van der Waals surface area (Å²) in [4.78, 5) is 0. The van der Waals surface area contributed by atoms with Crippen molar-refractivity contribution in [2.75, 3.05) is 18.8 Å². The SMILES string of the molecule is CCNCCCCS(=O)(=O)NC1(C)CC1. The highest BCUT2D eigenvalue weighted by Crippen LogP contribution is 2.35. The summed E-state index contributed by atoms with van der Waals surface area (Å²) in [6.45, 7) is 5.86. The maximum Gasteiger partial charge on any atom is 0.212 e. The van der Waals surface area contributed by atoms with Crippen molar-refractivity contribution >= 4 is 10.0 Å². The molecule has 0 amide bonds. The Kier molecular flexibility index (Phi) is 4.55. The van der Waals surface area contributed by atoms with Crippen LogP contribution in [0, 0.1) is 0 Å². The van der Waals surface area contributed by atoms with Gasteiger partial charge in [0.2, 0.25) is 10.0 Å². The van der Waals surface area contributed by atoms with E-state index in [-0.39, 0.29) is 11.3 Å². The molecule has 0 atom stereocenters. The summed E-state index contributed by atoms with van der Waals surface area (Å²) in [5, 5.41) is 3.18. The third-order valence-corrected chi connectivity index (χ3v) is 4.30.